The molecule has 1 nitrogen and oxygen atoms in total. The van der Waals surface area contributed by atoms with Crippen molar-refractivity contribution in [1.29, 1.82) is 0 Å². The minimum Gasteiger partial charge on any atom is -0.385 e. The Labute approximate surface area is 191 Å². The SMILES string of the molecule is CC.CC(C)(C)CC[C@@H](CNc1ccccc1)CC(C)(C)C.CC/C=C/C(C)(C)C. The van der Waals surface area contributed by atoms with Crippen LogP contribution < -0.4 is 5.32 Å². The van der Waals surface area contributed by atoms with Gasteiger partial charge in [0, 0.05) is 12.2 Å². The van der Waals surface area contributed by atoms with Crippen LogP contribution in [0.25, 0.3) is 0 Å². The van der Waals surface area contributed by atoms with E-state index in [1.807, 2.05) is 13.8 Å². The van der Waals surface area contributed by atoms with Crippen LogP contribution in [0.15, 0.2) is 42.5 Å². The highest BCUT2D eigenvalue weighted by Gasteiger charge is 2.21. The Morgan fingerprint density at radius 1 is 0.833 bits per heavy atom. The van der Waals surface area contributed by atoms with Gasteiger partial charge in [-0.3, -0.25) is 0 Å². The Balaban J connectivity index is 0. The average molecular weight is 418 g/mol. The molecule has 0 spiro atoms. The number of hydrogen-bond donors (Lipinski definition) is 1. The van der Waals surface area contributed by atoms with Crippen LogP contribution in [0.5, 0.6) is 0 Å². The summed E-state index contributed by atoms with van der Waals surface area (Å²) in [5.41, 5.74) is 2.45. The third-order valence-corrected chi connectivity index (χ3v) is 4.43. The van der Waals surface area contributed by atoms with Crippen LogP contribution in [-0.2, 0) is 0 Å². The predicted molar refractivity (Wildman–Crippen MR) is 141 cm³/mol. The van der Waals surface area contributed by atoms with Gasteiger partial charge in [0.25, 0.3) is 0 Å². The molecule has 0 heterocycles. The van der Waals surface area contributed by atoms with Gasteiger partial charge in [0.2, 0.25) is 0 Å². The molecule has 0 fully saturated rings. The molecule has 30 heavy (non-hydrogen) atoms. The first-order valence-electron chi connectivity index (χ1n) is 12.2. The van der Waals surface area contributed by atoms with Gasteiger partial charge in [-0.15, -0.1) is 0 Å². The van der Waals surface area contributed by atoms with Gasteiger partial charge in [-0.1, -0.05) is 113 Å². The average Bonchev–Trinajstić information content (AvgIpc) is 2.63. The summed E-state index contributed by atoms with van der Waals surface area (Å²) in [7, 11) is 0. The first kappa shape index (κ1) is 30.9. The highest BCUT2D eigenvalue weighted by atomic mass is 14.9. The zero-order chi connectivity index (χ0) is 23.8. The third kappa shape index (κ3) is 23.0. The van der Waals surface area contributed by atoms with Crippen molar-refractivity contribution >= 4 is 5.69 Å². The Bertz CT molecular complexity index is 520. The zero-order valence-corrected chi connectivity index (χ0v) is 22.7. The molecule has 0 amide bonds. The first-order chi connectivity index (χ1) is 13.7. The fraction of sp³-hybridized carbons (Fsp3) is 0.724. The molecule has 0 saturated carbocycles. The quantitative estimate of drug-likeness (QED) is 0.435. The summed E-state index contributed by atoms with van der Waals surface area (Å²) < 4.78 is 0. The van der Waals surface area contributed by atoms with Crippen molar-refractivity contribution < 1.29 is 0 Å². The topological polar surface area (TPSA) is 12.0 Å². The van der Waals surface area contributed by atoms with Crippen LogP contribution in [0.4, 0.5) is 5.69 Å². The summed E-state index contributed by atoms with van der Waals surface area (Å²) in [6, 6.07) is 10.6. The molecule has 0 aliphatic heterocycles. The van der Waals surface area contributed by atoms with E-state index in [9.17, 15) is 0 Å². The van der Waals surface area contributed by atoms with Gasteiger partial charge in [-0.25, -0.2) is 0 Å². The van der Waals surface area contributed by atoms with E-state index in [1.54, 1.807) is 0 Å². The number of para-hydroxylation sites is 1. The van der Waals surface area contributed by atoms with E-state index in [1.165, 1.54) is 24.9 Å². The van der Waals surface area contributed by atoms with Crippen molar-refractivity contribution in [3.63, 3.8) is 0 Å². The highest BCUT2D eigenvalue weighted by Crippen LogP contribution is 2.31. The molecule has 0 bridgehead atoms. The number of hydrogen-bond acceptors (Lipinski definition) is 1. The Kier molecular flexibility index (Phi) is 16.0. The lowest BCUT2D eigenvalue weighted by atomic mass is 9.79. The van der Waals surface area contributed by atoms with Crippen molar-refractivity contribution in [2.45, 2.75) is 109 Å². The number of allylic oxidation sites excluding steroid dienone is 2. The monoisotopic (exact) mass is 417 g/mol. The van der Waals surface area contributed by atoms with Gasteiger partial charge >= 0.3 is 0 Å². The highest BCUT2D eigenvalue weighted by molar-refractivity contribution is 5.42. The maximum Gasteiger partial charge on any atom is 0.0340 e. The van der Waals surface area contributed by atoms with E-state index in [0.717, 1.165) is 18.9 Å². The molecule has 1 heteroatoms. The van der Waals surface area contributed by atoms with Crippen LogP contribution in [0.3, 0.4) is 0 Å². The fourth-order valence-electron chi connectivity index (χ4n) is 3.07. The molecule has 1 aromatic carbocycles. The maximum atomic E-state index is 3.60. The number of nitrogens with one attached hydrogen (secondary N) is 1. The fourth-order valence-corrected chi connectivity index (χ4v) is 3.07. The molecule has 1 rings (SSSR count). The van der Waals surface area contributed by atoms with E-state index < -0.39 is 0 Å². The molecule has 0 radical (unpaired) electrons. The molecule has 1 N–H and O–H groups in total. The standard InChI is InChI=1S/C19H33N.C8H16.C2H6/c1-18(2,3)13-12-16(14-19(4,5)6)15-20-17-10-8-7-9-11-17;1-5-6-7-8(2,3)4;1-2/h7-11,16,20H,12-15H2,1-6H3;6-7H,5H2,1-4H3;1-2H3/b;7-6+;/t16-;;/m1../s1. The summed E-state index contributed by atoms with van der Waals surface area (Å²) >= 11 is 0. The second kappa shape index (κ2) is 15.5. The van der Waals surface area contributed by atoms with Crippen LogP contribution in [0.1, 0.15) is 109 Å². The molecule has 0 aliphatic rings. The molecular weight excluding hydrogens is 362 g/mol. The lowest BCUT2D eigenvalue weighted by Crippen LogP contribution is -2.22. The van der Waals surface area contributed by atoms with Gasteiger partial charge in [0.15, 0.2) is 0 Å². The third-order valence-electron chi connectivity index (χ3n) is 4.43. The van der Waals surface area contributed by atoms with Crippen molar-refractivity contribution in [1.82, 2.24) is 0 Å². The maximum absolute atomic E-state index is 3.60. The van der Waals surface area contributed by atoms with E-state index in [-0.39, 0.29) is 0 Å². The smallest absolute Gasteiger partial charge is 0.0340 e. The normalized spacial score (nSPS) is 13.1. The van der Waals surface area contributed by atoms with E-state index in [2.05, 4.69) is 117 Å². The molecule has 1 aromatic rings. The number of benzene rings is 1. The molecule has 176 valence electrons. The van der Waals surface area contributed by atoms with Crippen LogP contribution in [-0.4, -0.2) is 6.54 Å². The molecule has 0 aromatic heterocycles. The second-order valence-electron chi connectivity index (χ2n) is 11.7. The Morgan fingerprint density at radius 2 is 1.37 bits per heavy atom. The van der Waals surface area contributed by atoms with E-state index in [4.69, 9.17) is 0 Å². The first-order valence-corrected chi connectivity index (χ1v) is 12.2. The second-order valence-corrected chi connectivity index (χ2v) is 11.7. The summed E-state index contributed by atoms with van der Waals surface area (Å²) in [4.78, 5) is 0. The molecule has 0 unspecified atom stereocenters. The largest absolute Gasteiger partial charge is 0.385 e. The summed E-state index contributed by atoms with van der Waals surface area (Å²) in [5, 5.41) is 3.60. The Morgan fingerprint density at radius 3 is 1.73 bits per heavy atom. The number of anilines is 1. The summed E-state index contributed by atoms with van der Waals surface area (Å²) in [6.45, 7) is 27.9. The minimum atomic E-state index is 0.371. The van der Waals surface area contributed by atoms with Crippen LogP contribution >= 0.6 is 0 Å². The lowest BCUT2D eigenvalue weighted by Gasteiger charge is -2.29. The van der Waals surface area contributed by atoms with Crippen LogP contribution in [0.2, 0.25) is 0 Å². The van der Waals surface area contributed by atoms with Gasteiger partial charge in [-0.2, -0.15) is 0 Å². The van der Waals surface area contributed by atoms with Gasteiger partial charge < -0.3 is 5.32 Å². The predicted octanol–water partition coefficient (Wildman–Crippen LogP) is 10.0. The zero-order valence-electron chi connectivity index (χ0n) is 22.7. The summed E-state index contributed by atoms with van der Waals surface area (Å²) in [5.74, 6) is 0.745. The van der Waals surface area contributed by atoms with Crippen molar-refractivity contribution in [2.75, 3.05) is 11.9 Å². The molecule has 1 atom stereocenters. The van der Waals surface area contributed by atoms with E-state index >= 15 is 0 Å². The van der Waals surface area contributed by atoms with Crippen molar-refractivity contribution in [3.8, 4) is 0 Å². The Hall–Kier alpha value is -1.24. The van der Waals surface area contributed by atoms with E-state index in [0.29, 0.717) is 16.2 Å². The van der Waals surface area contributed by atoms with Crippen molar-refractivity contribution in [2.24, 2.45) is 22.2 Å². The van der Waals surface area contributed by atoms with Crippen LogP contribution in [0, 0.1) is 22.2 Å². The molecule has 0 aliphatic carbocycles. The minimum absolute atomic E-state index is 0.371. The lowest BCUT2D eigenvalue weighted by molar-refractivity contribution is 0.255. The molecule has 0 saturated heterocycles. The van der Waals surface area contributed by atoms with Crippen molar-refractivity contribution in [3.05, 3.63) is 42.5 Å². The number of rotatable bonds is 7. The van der Waals surface area contributed by atoms with Gasteiger partial charge in [0.1, 0.15) is 0 Å². The van der Waals surface area contributed by atoms with Gasteiger partial charge in [-0.05, 0) is 60.0 Å². The summed E-state index contributed by atoms with van der Waals surface area (Å²) in [6.07, 6.45) is 9.48. The molecular formula is C29H55N. The van der Waals surface area contributed by atoms with Gasteiger partial charge in [0.05, 0.1) is 0 Å².